The Hall–Kier alpha value is -1.54. The fourth-order valence-corrected chi connectivity index (χ4v) is 7.42. The maximum atomic E-state index is 11.3. The summed E-state index contributed by atoms with van der Waals surface area (Å²) in [6, 6.07) is 7.85. The first-order valence-electron chi connectivity index (χ1n) is 14.7. The standard InChI is InChI=1S/C32H38Cl4N2O3S/c1-4-7-8-14-37-29(21(5-2)23-17-25(33)27(35)19-31(23)37)12-11-13-30-22(6-3)24-18-26(34)28(36)20-32(24)38(30)15-9-10-16-42(39,40)41/h11-13,17-22H,4-10,14-16H2,1-3H3/p+1. The summed E-state index contributed by atoms with van der Waals surface area (Å²) >= 11 is 25.8. The number of benzene rings is 2. The van der Waals surface area contributed by atoms with E-state index in [0.717, 1.165) is 61.3 Å². The van der Waals surface area contributed by atoms with Gasteiger partial charge in [-0.3, -0.25) is 4.55 Å². The van der Waals surface area contributed by atoms with Crippen LogP contribution in [0.3, 0.4) is 0 Å². The van der Waals surface area contributed by atoms with Crippen LogP contribution in [0.15, 0.2) is 48.2 Å². The van der Waals surface area contributed by atoms with E-state index < -0.39 is 10.1 Å². The third-order valence-electron chi connectivity index (χ3n) is 8.18. The van der Waals surface area contributed by atoms with Gasteiger partial charge in [0.2, 0.25) is 5.69 Å². The quantitative estimate of drug-likeness (QED) is 0.131. The molecule has 1 N–H and O–H groups in total. The topological polar surface area (TPSA) is 60.6 Å². The van der Waals surface area contributed by atoms with Crippen LogP contribution in [-0.4, -0.2) is 42.1 Å². The molecule has 0 radical (unpaired) electrons. The van der Waals surface area contributed by atoms with E-state index in [9.17, 15) is 13.0 Å². The molecule has 0 amide bonds. The van der Waals surface area contributed by atoms with Crippen LogP contribution < -0.4 is 4.90 Å². The lowest BCUT2D eigenvalue weighted by Gasteiger charge is -2.23. The van der Waals surface area contributed by atoms with E-state index in [0.29, 0.717) is 39.5 Å². The minimum atomic E-state index is -4.00. The maximum absolute atomic E-state index is 11.3. The molecule has 2 unspecified atom stereocenters. The number of hydrogen-bond donors (Lipinski definition) is 1. The summed E-state index contributed by atoms with van der Waals surface area (Å²) in [5.74, 6) is 0.0691. The van der Waals surface area contributed by atoms with Gasteiger partial charge in [-0.05, 0) is 61.9 Å². The molecule has 5 nitrogen and oxygen atoms in total. The maximum Gasteiger partial charge on any atom is 0.264 e. The third kappa shape index (κ3) is 7.39. The van der Waals surface area contributed by atoms with Crippen molar-refractivity contribution in [3.8, 4) is 0 Å². The average molecular weight is 674 g/mol. The van der Waals surface area contributed by atoms with Crippen molar-refractivity contribution < 1.29 is 17.5 Å². The molecule has 2 aliphatic heterocycles. The monoisotopic (exact) mass is 671 g/mol. The highest BCUT2D eigenvalue weighted by molar-refractivity contribution is 7.85. The van der Waals surface area contributed by atoms with E-state index >= 15 is 0 Å². The molecule has 0 bridgehead atoms. The van der Waals surface area contributed by atoms with E-state index in [2.05, 4.69) is 48.5 Å². The van der Waals surface area contributed by atoms with Gasteiger partial charge in [0.15, 0.2) is 5.71 Å². The number of anilines is 1. The van der Waals surface area contributed by atoms with Crippen LogP contribution >= 0.6 is 46.4 Å². The Balaban J connectivity index is 1.72. The molecule has 2 heterocycles. The Morgan fingerprint density at radius 2 is 1.50 bits per heavy atom. The lowest BCUT2D eigenvalue weighted by molar-refractivity contribution is -0.437. The number of hydrogen-bond acceptors (Lipinski definition) is 3. The van der Waals surface area contributed by atoms with E-state index in [-0.39, 0.29) is 17.6 Å². The van der Waals surface area contributed by atoms with Gasteiger partial charge in [-0.1, -0.05) is 79.7 Å². The summed E-state index contributed by atoms with van der Waals surface area (Å²) in [6.45, 7) is 8.05. The van der Waals surface area contributed by atoms with Crippen LogP contribution in [-0.2, 0) is 10.1 Å². The second kappa shape index (κ2) is 14.5. The molecule has 0 aliphatic carbocycles. The highest BCUT2D eigenvalue weighted by atomic mass is 35.5. The first-order chi connectivity index (χ1) is 20.0. The van der Waals surface area contributed by atoms with E-state index in [1.807, 2.05) is 24.3 Å². The molecule has 0 saturated heterocycles. The zero-order valence-electron chi connectivity index (χ0n) is 24.3. The number of nitrogens with zero attached hydrogens (tertiary/aromatic N) is 2. The summed E-state index contributed by atoms with van der Waals surface area (Å²) in [5.41, 5.74) is 6.78. The number of rotatable bonds is 13. The number of halogens is 4. The van der Waals surface area contributed by atoms with Gasteiger partial charge in [-0.25, -0.2) is 0 Å². The summed E-state index contributed by atoms with van der Waals surface area (Å²) < 4.78 is 34.2. The van der Waals surface area contributed by atoms with Gasteiger partial charge in [0, 0.05) is 48.0 Å². The summed E-state index contributed by atoms with van der Waals surface area (Å²) in [4.78, 5) is 2.21. The highest BCUT2D eigenvalue weighted by Crippen LogP contribution is 2.48. The Morgan fingerprint density at radius 1 is 0.857 bits per heavy atom. The molecule has 0 aromatic heterocycles. The fraction of sp³-hybridized carbons (Fsp3) is 0.469. The van der Waals surface area contributed by atoms with Gasteiger partial charge < -0.3 is 4.90 Å². The Labute approximate surface area is 270 Å². The van der Waals surface area contributed by atoms with Crippen molar-refractivity contribution in [1.82, 2.24) is 0 Å². The molecule has 2 aromatic rings. The van der Waals surface area contributed by atoms with Crippen LogP contribution in [0.2, 0.25) is 20.1 Å². The molecule has 228 valence electrons. The molecule has 4 rings (SSSR count). The summed E-state index contributed by atoms with van der Waals surface area (Å²) in [5, 5.41) is 2.14. The molecule has 10 heteroatoms. The molecule has 2 aromatic carbocycles. The second-order valence-corrected chi connectivity index (χ2v) is 14.2. The zero-order valence-corrected chi connectivity index (χ0v) is 28.2. The Kier molecular flexibility index (Phi) is 11.5. The predicted molar refractivity (Wildman–Crippen MR) is 179 cm³/mol. The number of fused-ring (bicyclic) bond motifs is 2. The zero-order chi connectivity index (χ0) is 30.6. The minimum Gasteiger partial charge on any atom is -0.344 e. The molecular weight excluding hydrogens is 634 g/mol. The predicted octanol–water partition coefficient (Wildman–Crippen LogP) is 10.2. The first kappa shape index (κ1) is 33.4. The SMILES string of the molecule is CCCCC[N+]1=C(C=CC=C2C(CC)c3cc(Cl)c(Cl)cc3N2CCCCS(=O)(=O)O)C(CC)c2cc(Cl)c(Cl)cc21. The normalized spacial score (nSPS) is 19.4. The van der Waals surface area contributed by atoms with Gasteiger partial charge in [0.1, 0.15) is 6.54 Å². The molecule has 2 atom stereocenters. The van der Waals surface area contributed by atoms with Crippen LogP contribution in [0.5, 0.6) is 0 Å². The van der Waals surface area contributed by atoms with Crippen molar-refractivity contribution in [2.75, 3.05) is 23.7 Å². The molecular formula is C32H39Cl4N2O3S+. The van der Waals surface area contributed by atoms with Gasteiger partial charge >= 0.3 is 0 Å². The van der Waals surface area contributed by atoms with Crippen molar-refractivity contribution in [3.63, 3.8) is 0 Å². The lowest BCUT2D eigenvalue weighted by atomic mass is 9.92. The summed E-state index contributed by atoms with van der Waals surface area (Å²) in [7, 11) is -4.00. The van der Waals surface area contributed by atoms with Crippen molar-refractivity contribution in [1.29, 1.82) is 0 Å². The second-order valence-electron chi connectivity index (χ2n) is 11.0. The third-order valence-corrected chi connectivity index (χ3v) is 10.4. The smallest absolute Gasteiger partial charge is 0.264 e. The largest absolute Gasteiger partial charge is 0.344 e. The Morgan fingerprint density at radius 3 is 2.14 bits per heavy atom. The van der Waals surface area contributed by atoms with Crippen LogP contribution in [0, 0.1) is 0 Å². The van der Waals surface area contributed by atoms with Crippen molar-refractivity contribution >= 4 is 73.6 Å². The van der Waals surface area contributed by atoms with E-state index in [1.54, 1.807) is 0 Å². The van der Waals surface area contributed by atoms with Gasteiger partial charge in [0.05, 0.1) is 31.8 Å². The highest BCUT2D eigenvalue weighted by Gasteiger charge is 2.38. The van der Waals surface area contributed by atoms with E-state index in [1.165, 1.54) is 11.3 Å². The molecule has 42 heavy (non-hydrogen) atoms. The first-order valence-corrected chi connectivity index (χ1v) is 17.9. The fourth-order valence-electron chi connectivity index (χ4n) is 6.19. The summed E-state index contributed by atoms with van der Waals surface area (Å²) in [6.07, 6.45) is 12.6. The number of unbranched alkanes of at least 4 members (excludes halogenated alkanes) is 3. The molecule has 0 fully saturated rings. The molecule has 2 aliphatic rings. The van der Waals surface area contributed by atoms with Gasteiger partial charge in [0.25, 0.3) is 10.1 Å². The van der Waals surface area contributed by atoms with Crippen molar-refractivity contribution in [2.24, 2.45) is 0 Å². The lowest BCUT2D eigenvalue weighted by Crippen LogP contribution is -2.22. The van der Waals surface area contributed by atoms with Gasteiger partial charge in [-0.2, -0.15) is 13.0 Å². The minimum absolute atomic E-state index is 0.118. The van der Waals surface area contributed by atoms with Crippen molar-refractivity contribution in [3.05, 3.63) is 79.4 Å². The van der Waals surface area contributed by atoms with Crippen LogP contribution in [0.1, 0.15) is 88.7 Å². The van der Waals surface area contributed by atoms with Gasteiger partial charge in [-0.15, -0.1) is 0 Å². The Bertz CT molecular complexity index is 1520. The average Bonchev–Trinajstić information content (AvgIpc) is 3.37. The number of allylic oxidation sites excluding steroid dienone is 4. The molecule has 0 saturated carbocycles. The van der Waals surface area contributed by atoms with Crippen molar-refractivity contribution in [2.45, 2.75) is 77.6 Å². The van der Waals surface area contributed by atoms with E-state index in [4.69, 9.17) is 46.4 Å². The van der Waals surface area contributed by atoms with Crippen LogP contribution in [0.25, 0.3) is 0 Å². The molecule has 0 spiro atoms. The van der Waals surface area contributed by atoms with Crippen LogP contribution in [0.4, 0.5) is 11.4 Å².